The minimum Gasteiger partial charge on any atom is -0.325 e. The van der Waals surface area contributed by atoms with Crippen LogP contribution < -0.4 is 10.6 Å². The lowest BCUT2D eigenvalue weighted by Crippen LogP contribution is -2.20. The number of amides is 2. The van der Waals surface area contributed by atoms with Crippen LogP contribution in [0.5, 0.6) is 0 Å². The van der Waals surface area contributed by atoms with Crippen LogP contribution in [-0.4, -0.2) is 32.6 Å². The average Bonchev–Trinajstić information content (AvgIpc) is 3.12. The molecule has 0 aliphatic rings. The molecule has 0 aliphatic carbocycles. The van der Waals surface area contributed by atoms with Gasteiger partial charge in [0.2, 0.25) is 5.91 Å². The molecule has 0 fully saturated rings. The highest BCUT2D eigenvalue weighted by Gasteiger charge is 2.14. The number of hydrogen-bond acceptors (Lipinski definition) is 5. The molecule has 2 heterocycles. The number of carbonyl (C=O) groups excluding carboxylic acids is 2. The summed E-state index contributed by atoms with van der Waals surface area (Å²) in [5, 5.41) is 5.62. The van der Waals surface area contributed by atoms with Gasteiger partial charge in [-0.2, -0.15) is 11.8 Å². The molecular weight excluding hydrogens is 410 g/mol. The number of nitrogens with one attached hydrogen (secondary N) is 2. The second-order valence-corrected chi connectivity index (χ2v) is 7.70. The van der Waals surface area contributed by atoms with Gasteiger partial charge in [0.05, 0.1) is 16.8 Å². The van der Waals surface area contributed by atoms with Gasteiger partial charge in [0.1, 0.15) is 18.2 Å². The molecular formula is C23H21N5O2S. The fraction of sp³-hybridized carbons (Fsp3) is 0.130. The number of hydrogen-bond donors (Lipinski definition) is 2. The molecule has 7 nitrogen and oxygen atoms in total. The first-order valence-electron chi connectivity index (χ1n) is 9.69. The smallest absolute Gasteiger partial charge is 0.256 e. The lowest BCUT2D eigenvalue weighted by Gasteiger charge is -2.11. The third-order valence-corrected chi connectivity index (χ3v) is 5.17. The van der Waals surface area contributed by atoms with E-state index in [9.17, 15) is 9.59 Å². The molecule has 4 aromatic rings. The van der Waals surface area contributed by atoms with Gasteiger partial charge in [-0.3, -0.25) is 9.59 Å². The molecule has 8 heteroatoms. The Morgan fingerprint density at radius 3 is 2.65 bits per heavy atom. The van der Waals surface area contributed by atoms with Gasteiger partial charge in [0.25, 0.3) is 5.91 Å². The van der Waals surface area contributed by atoms with E-state index in [1.807, 2.05) is 35.1 Å². The topological polar surface area (TPSA) is 88.9 Å². The van der Waals surface area contributed by atoms with Crippen molar-refractivity contribution in [1.82, 2.24) is 14.5 Å². The summed E-state index contributed by atoms with van der Waals surface area (Å²) in [5.74, 6) is 1.55. The molecule has 2 aromatic carbocycles. The third-order valence-electron chi connectivity index (χ3n) is 4.62. The van der Waals surface area contributed by atoms with Gasteiger partial charge in [0.15, 0.2) is 0 Å². The Kier molecular flexibility index (Phi) is 6.28. The normalized spacial score (nSPS) is 10.7. The molecule has 0 saturated heterocycles. The van der Waals surface area contributed by atoms with Crippen LogP contribution in [0.1, 0.15) is 16.2 Å². The number of para-hydroxylation sites is 2. The molecule has 0 spiro atoms. The van der Waals surface area contributed by atoms with Crippen molar-refractivity contribution in [3.63, 3.8) is 0 Å². The molecule has 0 aliphatic heterocycles. The molecule has 0 bridgehead atoms. The molecule has 0 radical (unpaired) electrons. The monoisotopic (exact) mass is 431 g/mol. The van der Waals surface area contributed by atoms with E-state index >= 15 is 0 Å². The molecule has 2 aromatic heterocycles. The summed E-state index contributed by atoms with van der Waals surface area (Å²) in [6, 6.07) is 19.9. The van der Waals surface area contributed by atoms with Gasteiger partial charge < -0.3 is 15.2 Å². The summed E-state index contributed by atoms with van der Waals surface area (Å²) >= 11 is 1.66. The van der Waals surface area contributed by atoms with Crippen LogP contribution in [0.15, 0.2) is 72.9 Å². The van der Waals surface area contributed by atoms with E-state index in [4.69, 9.17) is 0 Å². The fourth-order valence-corrected chi connectivity index (χ4v) is 3.73. The quantitative estimate of drug-likeness (QED) is 0.458. The van der Waals surface area contributed by atoms with Crippen LogP contribution in [0, 0.1) is 0 Å². The number of carbonyl (C=O) groups is 2. The first-order chi connectivity index (χ1) is 15.1. The Hall–Kier alpha value is -3.65. The van der Waals surface area contributed by atoms with Crippen molar-refractivity contribution in [3.8, 4) is 0 Å². The summed E-state index contributed by atoms with van der Waals surface area (Å²) in [4.78, 5) is 34.0. The molecule has 0 unspecified atom stereocenters. The minimum absolute atomic E-state index is 0.140. The van der Waals surface area contributed by atoms with Crippen LogP contribution in [-0.2, 0) is 17.1 Å². The van der Waals surface area contributed by atoms with Crippen molar-refractivity contribution in [2.75, 3.05) is 16.9 Å². The number of nitrogens with zero attached hydrogens (tertiary/aromatic N) is 3. The molecule has 0 saturated carbocycles. The van der Waals surface area contributed by atoms with Crippen molar-refractivity contribution >= 4 is 46.1 Å². The summed E-state index contributed by atoms with van der Waals surface area (Å²) in [5.41, 5.74) is 2.77. The summed E-state index contributed by atoms with van der Waals surface area (Å²) in [6.07, 6.45) is 3.61. The lowest BCUT2D eigenvalue weighted by molar-refractivity contribution is -0.116. The van der Waals surface area contributed by atoms with E-state index in [2.05, 4.69) is 20.6 Å². The largest absolute Gasteiger partial charge is 0.325 e. The van der Waals surface area contributed by atoms with E-state index < -0.39 is 0 Å². The van der Waals surface area contributed by atoms with Crippen molar-refractivity contribution in [2.45, 2.75) is 12.3 Å². The Morgan fingerprint density at radius 1 is 1.00 bits per heavy atom. The maximum atomic E-state index is 12.8. The number of aromatic nitrogens is 3. The Bertz CT molecular complexity index is 1220. The number of pyridine rings is 1. The van der Waals surface area contributed by atoms with E-state index in [-0.39, 0.29) is 18.4 Å². The highest BCUT2D eigenvalue weighted by atomic mass is 32.2. The molecule has 31 heavy (non-hydrogen) atoms. The number of anilines is 2. The van der Waals surface area contributed by atoms with Gasteiger partial charge in [-0.15, -0.1) is 0 Å². The summed E-state index contributed by atoms with van der Waals surface area (Å²) in [7, 11) is 0. The predicted octanol–water partition coefficient (Wildman–Crippen LogP) is 4.19. The molecule has 2 amide bonds. The first-order valence-corrected chi connectivity index (χ1v) is 11.1. The second-order valence-electron chi connectivity index (χ2n) is 6.83. The third kappa shape index (κ3) is 4.92. The fourth-order valence-electron chi connectivity index (χ4n) is 3.25. The van der Waals surface area contributed by atoms with Crippen molar-refractivity contribution in [2.24, 2.45) is 0 Å². The number of imidazole rings is 1. The zero-order valence-corrected chi connectivity index (χ0v) is 17.7. The number of rotatable bonds is 7. The highest BCUT2D eigenvalue weighted by molar-refractivity contribution is 7.97. The summed E-state index contributed by atoms with van der Waals surface area (Å²) in [6.45, 7) is 0.140. The second kappa shape index (κ2) is 9.44. The van der Waals surface area contributed by atoms with Gasteiger partial charge in [0, 0.05) is 17.4 Å². The van der Waals surface area contributed by atoms with Crippen LogP contribution in [0.2, 0.25) is 0 Å². The molecule has 0 atom stereocenters. The van der Waals surface area contributed by atoms with E-state index in [1.54, 1.807) is 60.4 Å². The van der Waals surface area contributed by atoms with Crippen molar-refractivity contribution in [1.29, 1.82) is 0 Å². The van der Waals surface area contributed by atoms with E-state index in [0.717, 1.165) is 16.9 Å². The average molecular weight is 432 g/mol. The van der Waals surface area contributed by atoms with Crippen LogP contribution in [0.3, 0.4) is 0 Å². The van der Waals surface area contributed by atoms with Gasteiger partial charge in [-0.05, 0) is 48.7 Å². The van der Waals surface area contributed by atoms with Gasteiger partial charge in [-0.1, -0.05) is 24.3 Å². The zero-order chi connectivity index (χ0) is 21.6. The Morgan fingerprint density at radius 2 is 1.84 bits per heavy atom. The Labute approximate surface area is 183 Å². The predicted molar refractivity (Wildman–Crippen MR) is 124 cm³/mol. The molecule has 4 rings (SSSR count). The van der Waals surface area contributed by atoms with Crippen LogP contribution in [0.4, 0.5) is 11.5 Å². The van der Waals surface area contributed by atoms with E-state index in [0.29, 0.717) is 22.8 Å². The standard InChI is InChI=1S/C23H21N5O2S/c1-31-15-21-26-18-9-2-3-10-19(18)28(21)14-22(29)25-17-8-6-7-16(13-17)23(30)27-20-11-4-5-12-24-20/h2-13H,14-15H2,1H3,(H,25,29)(H,24,27,30). The maximum Gasteiger partial charge on any atom is 0.256 e. The van der Waals surface area contributed by atoms with Crippen molar-refractivity contribution < 1.29 is 9.59 Å². The number of fused-ring (bicyclic) bond motifs is 1. The molecule has 2 N–H and O–H groups in total. The van der Waals surface area contributed by atoms with Crippen LogP contribution >= 0.6 is 11.8 Å². The minimum atomic E-state index is -0.294. The maximum absolute atomic E-state index is 12.8. The highest BCUT2D eigenvalue weighted by Crippen LogP contribution is 2.19. The number of benzene rings is 2. The van der Waals surface area contributed by atoms with Crippen molar-refractivity contribution in [3.05, 3.63) is 84.3 Å². The zero-order valence-electron chi connectivity index (χ0n) is 16.9. The number of thioether (sulfide) groups is 1. The summed E-state index contributed by atoms with van der Waals surface area (Å²) < 4.78 is 1.93. The Balaban J connectivity index is 1.48. The molecule has 156 valence electrons. The lowest BCUT2D eigenvalue weighted by atomic mass is 10.2. The van der Waals surface area contributed by atoms with Gasteiger partial charge in [-0.25, -0.2) is 9.97 Å². The van der Waals surface area contributed by atoms with Crippen LogP contribution in [0.25, 0.3) is 11.0 Å². The first kappa shape index (κ1) is 20.6. The van der Waals surface area contributed by atoms with Gasteiger partial charge >= 0.3 is 0 Å². The van der Waals surface area contributed by atoms with E-state index in [1.165, 1.54) is 0 Å². The SMILES string of the molecule is CSCc1nc2ccccc2n1CC(=O)Nc1cccc(C(=O)Nc2ccccn2)c1.